The lowest BCUT2D eigenvalue weighted by Crippen LogP contribution is -2.17. The SMILES string of the molecule is CCc1ccc(C(CCc2c(C)nn(C)c2C)NC)cc1. The van der Waals surface area contributed by atoms with Crippen LogP contribution < -0.4 is 5.32 Å². The Hall–Kier alpha value is -1.61. The van der Waals surface area contributed by atoms with Gasteiger partial charge in [0.15, 0.2) is 0 Å². The summed E-state index contributed by atoms with van der Waals surface area (Å²) in [5.74, 6) is 0. The summed E-state index contributed by atoms with van der Waals surface area (Å²) in [5.41, 5.74) is 6.60. The van der Waals surface area contributed by atoms with Gasteiger partial charge in [0.25, 0.3) is 0 Å². The Kier molecular flexibility index (Phi) is 5.18. The van der Waals surface area contributed by atoms with Crippen molar-refractivity contribution in [2.24, 2.45) is 7.05 Å². The minimum Gasteiger partial charge on any atom is -0.313 e. The van der Waals surface area contributed by atoms with Crippen molar-refractivity contribution < 1.29 is 0 Å². The zero-order valence-corrected chi connectivity index (χ0v) is 13.9. The van der Waals surface area contributed by atoms with E-state index in [0.717, 1.165) is 25.0 Å². The fourth-order valence-corrected chi connectivity index (χ4v) is 2.93. The third-order valence-electron chi connectivity index (χ3n) is 4.48. The van der Waals surface area contributed by atoms with Gasteiger partial charge in [0.2, 0.25) is 0 Å². The van der Waals surface area contributed by atoms with Crippen molar-refractivity contribution in [2.45, 2.75) is 46.1 Å². The molecule has 0 aliphatic carbocycles. The Morgan fingerprint density at radius 2 is 1.86 bits per heavy atom. The van der Waals surface area contributed by atoms with Gasteiger partial charge in [0.1, 0.15) is 0 Å². The zero-order valence-electron chi connectivity index (χ0n) is 13.9. The molecule has 1 aromatic carbocycles. The monoisotopic (exact) mass is 285 g/mol. The lowest BCUT2D eigenvalue weighted by Gasteiger charge is -2.17. The van der Waals surface area contributed by atoms with Crippen molar-refractivity contribution >= 4 is 0 Å². The summed E-state index contributed by atoms with van der Waals surface area (Å²) in [6, 6.07) is 9.38. The van der Waals surface area contributed by atoms with E-state index in [1.54, 1.807) is 0 Å². The maximum absolute atomic E-state index is 4.51. The quantitative estimate of drug-likeness (QED) is 0.880. The van der Waals surface area contributed by atoms with Crippen LogP contribution in [0.25, 0.3) is 0 Å². The predicted molar refractivity (Wildman–Crippen MR) is 88.6 cm³/mol. The molecular formula is C18H27N3. The molecule has 2 aromatic rings. The molecule has 0 spiro atoms. The van der Waals surface area contributed by atoms with Crippen LogP contribution in [-0.4, -0.2) is 16.8 Å². The Balaban J connectivity index is 2.08. The lowest BCUT2D eigenvalue weighted by atomic mass is 9.97. The molecule has 1 aromatic heterocycles. The minimum absolute atomic E-state index is 0.398. The molecule has 0 saturated carbocycles. The standard InChI is InChI=1S/C18H27N3/c1-6-15-7-9-16(10-8-15)18(19-4)12-11-17-13(2)20-21(5)14(17)3/h7-10,18-19H,6,11-12H2,1-5H3. The number of aryl methyl sites for hydroxylation is 3. The van der Waals surface area contributed by atoms with Crippen molar-refractivity contribution in [1.82, 2.24) is 15.1 Å². The normalized spacial score (nSPS) is 12.6. The van der Waals surface area contributed by atoms with Gasteiger partial charge < -0.3 is 5.32 Å². The first kappa shape index (κ1) is 15.8. The first-order valence-electron chi connectivity index (χ1n) is 7.82. The molecule has 0 amide bonds. The lowest BCUT2D eigenvalue weighted by molar-refractivity contribution is 0.547. The number of nitrogens with one attached hydrogen (secondary N) is 1. The summed E-state index contributed by atoms with van der Waals surface area (Å²) >= 11 is 0. The van der Waals surface area contributed by atoms with Crippen LogP contribution >= 0.6 is 0 Å². The molecule has 1 N–H and O–H groups in total. The van der Waals surface area contributed by atoms with Crippen molar-refractivity contribution in [3.05, 3.63) is 52.3 Å². The van der Waals surface area contributed by atoms with E-state index in [1.807, 2.05) is 18.8 Å². The molecule has 2 rings (SSSR count). The van der Waals surface area contributed by atoms with E-state index in [-0.39, 0.29) is 0 Å². The second kappa shape index (κ2) is 6.90. The van der Waals surface area contributed by atoms with Crippen molar-refractivity contribution in [1.29, 1.82) is 0 Å². The first-order chi connectivity index (χ1) is 10.1. The largest absolute Gasteiger partial charge is 0.313 e. The van der Waals surface area contributed by atoms with Gasteiger partial charge in [-0.15, -0.1) is 0 Å². The molecule has 0 aliphatic rings. The minimum atomic E-state index is 0.398. The molecule has 1 atom stereocenters. The highest BCUT2D eigenvalue weighted by atomic mass is 15.3. The highest BCUT2D eigenvalue weighted by Crippen LogP contribution is 2.22. The van der Waals surface area contributed by atoms with Gasteiger partial charge in [-0.2, -0.15) is 5.10 Å². The van der Waals surface area contributed by atoms with Gasteiger partial charge in [-0.1, -0.05) is 31.2 Å². The second-order valence-corrected chi connectivity index (χ2v) is 5.75. The fourth-order valence-electron chi connectivity index (χ4n) is 2.93. The Labute approximate surface area is 128 Å². The number of hydrogen-bond acceptors (Lipinski definition) is 2. The van der Waals surface area contributed by atoms with E-state index in [0.29, 0.717) is 6.04 Å². The maximum atomic E-state index is 4.51. The molecule has 0 aliphatic heterocycles. The topological polar surface area (TPSA) is 29.9 Å². The number of benzene rings is 1. The molecule has 0 bridgehead atoms. The summed E-state index contributed by atoms with van der Waals surface area (Å²) in [5, 5.41) is 7.95. The van der Waals surface area contributed by atoms with Crippen LogP contribution in [0.1, 0.15) is 47.5 Å². The van der Waals surface area contributed by atoms with Crippen LogP contribution in [0.2, 0.25) is 0 Å². The third-order valence-corrected chi connectivity index (χ3v) is 4.48. The number of aromatic nitrogens is 2. The summed E-state index contributed by atoms with van der Waals surface area (Å²) in [6.07, 6.45) is 3.25. The molecule has 0 saturated heterocycles. The smallest absolute Gasteiger partial charge is 0.0628 e. The van der Waals surface area contributed by atoms with E-state index in [9.17, 15) is 0 Å². The molecule has 21 heavy (non-hydrogen) atoms. The van der Waals surface area contributed by atoms with Gasteiger partial charge in [-0.25, -0.2) is 0 Å². The first-order valence-corrected chi connectivity index (χ1v) is 7.82. The molecule has 1 unspecified atom stereocenters. The van der Waals surface area contributed by atoms with Crippen LogP contribution in [0.15, 0.2) is 24.3 Å². The Bertz CT molecular complexity index is 581. The summed E-state index contributed by atoms with van der Waals surface area (Å²) < 4.78 is 1.98. The van der Waals surface area contributed by atoms with Gasteiger partial charge in [-0.05, 0) is 56.8 Å². The molecular weight excluding hydrogens is 258 g/mol. The Morgan fingerprint density at radius 1 is 1.19 bits per heavy atom. The highest BCUT2D eigenvalue weighted by Gasteiger charge is 2.13. The average Bonchev–Trinajstić information content (AvgIpc) is 2.74. The van der Waals surface area contributed by atoms with E-state index >= 15 is 0 Å². The van der Waals surface area contributed by atoms with Crippen LogP contribution in [0.4, 0.5) is 0 Å². The van der Waals surface area contributed by atoms with E-state index in [2.05, 4.69) is 55.5 Å². The predicted octanol–water partition coefficient (Wildman–Crippen LogP) is 3.49. The number of hydrogen-bond donors (Lipinski definition) is 1. The Morgan fingerprint density at radius 3 is 2.33 bits per heavy atom. The average molecular weight is 285 g/mol. The molecule has 0 radical (unpaired) electrons. The number of rotatable bonds is 6. The van der Waals surface area contributed by atoms with Gasteiger partial charge >= 0.3 is 0 Å². The zero-order chi connectivity index (χ0) is 15.4. The summed E-state index contributed by atoms with van der Waals surface area (Å²) in [4.78, 5) is 0. The van der Waals surface area contributed by atoms with E-state index in [1.165, 1.54) is 22.4 Å². The summed E-state index contributed by atoms with van der Waals surface area (Å²) in [6.45, 7) is 6.45. The van der Waals surface area contributed by atoms with Gasteiger partial charge in [0.05, 0.1) is 5.69 Å². The summed E-state index contributed by atoms with van der Waals surface area (Å²) in [7, 11) is 4.06. The van der Waals surface area contributed by atoms with E-state index in [4.69, 9.17) is 0 Å². The third kappa shape index (κ3) is 3.53. The van der Waals surface area contributed by atoms with Crippen LogP contribution in [0, 0.1) is 13.8 Å². The van der Waals surface area contributed by atoms with Crippen LogP contribution in [0.3, 0.4) is 0 Å². The van der Waals surface area contributed by atoms with Crippen molar-refractivity contribution in [3.63, 3.8) is 0 Å². The van der Waals surface area contributed by atoms with Crippen LogP contribution in [-0.2, 0) is 19.9 Å². The highest BCUT2D eigenvalue weighted by molar-refractivity contribution is 5.27. The molecule has 114 valence electrons. The van der Waals surface area contributed by atoms with E-state index < -0.39 is 0 Å². The molecule has 3 heteroatoms. The molecule has 1 heterocycles. The van der Waals surface area contributed by atoms with Crippen molar-refractivity contribution in [2.75, 3.05) is 7.05 Å². The van der Waals surface area contributed by atoms with Crippen molar-refractivity contribution in [3.8, 4) is 0 Å². The number of nitrogens with zero attached hydrogens (tertiary/aromatic N) is 2. The van der Waals surface area contributed by atoms with Crippen LogP contribution in [0.5, 0.6) is 0 Å². The van der Waals surface area contributed by atoms with Gasteiger partial charge in [0, 0.05) is 18.8 Å². The maximum Gasteiger partial charge on any atom is 0.0628 e. The molecule has 3 nitrogen and oxygen atoms in total. The van der Waals surface area contributed by atoms with Gasteiger partial charge in [-0.3, -0.25) is 4.68 Å². The second-order valence-electron chi connectivity index (χ2n) is 5.75. The molecule has 0 fully saturated rings. The fraction of sp³-hybridized carbons (Fsp3) is 0.500.